The molecule has 2 unspecified atom stereocenters. The van der Waals surface area contributed by atoms with Gasteiger partial charge in [-0.15, -0.1) is 23.1 Å². The maximum Gasteiger partial charge on any atom is 0.312 e. The van der Waals surface area contributed by atoms with Crippen molar-refractivity contribution < 1.29 is 24.3 Å². The van der Waals surface area contributed by atoms with E-state index in [0.29, 0.717) is 5.75 Å². The number of nitrogens with zero attached hydrogens (tertiary/aromatic N) is 3. The van der Waals surface area contributed by atoms with E-state index in [1.165, 1.54) is 16.7 Å². The van der Waals surface area contributed by atoms with Gasteiger partial charge in [0, 0.05) is 24.2 Å². The Morgan fingerprint density at radius 2 is 2.32 bits per heavy atom. The maximum absolute atomic E-state index is 12.7. The summed E-state index contributed by atoms with van der Waals surface area (Å²) in [6.07, 6.45) is 0. The van der Waals surface area contributed by atoms with Gasteiger partial charge >= 0.3 is 5.97 Å². The minimum absolute atomic E-state index is 0.106. The number of nitrogens with two attached hydrogens (primary N) is 2. The van der Waals surface area contributed by atoms with Crippen LogP contribution in [0, 0.1) is 5.41 Å². The van der Waals surface area contributed by atoms with E-state index >= 15 is 0 Å². The second-order valence-corrected chi connectivity index (χ2v) is 8.61. The van der Waals surface area contributed by atoms with Crippen LogP contribution in [-0.2, 0) is 19.2 Å². The molecule has 0 radical (unpaired) electrons. The number of fused-ring (bicyclic) bond motifs is 1. The number of aromatic nitrogens is 1. The number of rotatable bonds is 7. The van der Waals surface area contributed by atoms with Crippen molar-refractivity contribution in [1.29, 1.82) is 0 Å². The van der Waals surface area contributed by atoms with Gasteiger partial charge in [0.05, 0.1) is 5.41 Å². The van der Waals surface area contributed by atoms with Crippen LogP contribution in [-0.4, -0.2) is 75.4 Å². The van der Waals surface area contributed by atoms with Crippen molar-refractivity contribution in [1.82, 2.24) is 15.2 Å². The van der Waals surface area contributed by atoms with E-state index in [2.05, 4.69) is 15.5 Å². The van der Waals surface area contributed by atoms with Crippen LogP contribution in [0.3, 0.4) is 0 Å². The minimum atomic E-state index is -1.01. The zero-order valence-electron chi connectivity index (χ0n) is 15.0. The van der Waals surface area contributed by atoms with Gasteiger partial charge in [0.15, 0.2) is 10.8 Å². The highest BCUT2D eigenvalue weighted by Gasteiger charge is 2.56. The first-order chi connectivity index (χ1) is 13.3. The van der Waals surface area contributed by atoms with Crippen molar-refractivity contribution in [3.63, 3.8) is 0 Å². The third-order valence-corrected chi connectivity index (χ3v) is 6.73. The highest BCUT2D eigenvalue weighted by atomic mass is 32.2. The normalized spacial score (nSPS) is 27.0. The Balaban J connectivity index is 1.70. The quantitative estimate of drug-likeness (QED) is 0.182. The Bertz CT molecular complexity index is 830. The summed E-state index contributed by atoms with van der Waals surface area (Å²) in [7, 11) is 0. The molecule has 0 spiro atoms. The van der Waals surface area contributed by atoms with E-state index in [9.17, 15) is 19.5 Å². The number of nitrogen functional groups attached to an aromatic ring is 1. The number of nitrogens with one attached hydrogen (secondary N) is 1. The van der Waals surface area contributed by atoms with Gasteiger partial charge in [-0.1, -0.05) is 5.16 Å². The zero-order chi connectivity index (χ0) is 20.5. The van der Waals surface area contributed by atoms with Crippen molar-refractivity contribution in [2.24, 2.45) is 16.3 Å². The predicted octanol–water partition coefficient (Wildman–Crippen LogP) is -1.10. The molecule has 3 atom stereocenters. The van der Waals surface area contributed by atoms with Gasteiger partial charge in [0.2, 0.25) is 5.91 Å². The lowest BCUT2D eigenvalue weighted by Gasteiger charge is -2.53. The number of amides is 2. The summed E-state index contributed by atoms with van der Waals surface area (Å²) in [6.45, 7) is 2.03. The van der Waals surface area contributed by atoms with Crippen molar-refractivity contribution in [2.45, 2.75) is 18.3 Å². The number of carbonyl (C=O) groups is 3. The average molecular weight is 428 g/mol. The Morgan fingerprint density at radius 1 is 1.57 bits per heavy atom. The van der Waals surface area contributed by atoms with Gasteiger partial charge in [0.25, 0.3) is 5.91 Å². The molecule has 6 N–H and O–H groups in total. The molecule has 1 aromatic rings. The molecule has 2 fully saturated rings. The predicted molar refractivity (Wildman–Crippen MR) is 104 cm³/mol. The molecule has 1 aromatic heterocycles. The fourth-order valence-corrected chi connectivity index (χ4v) is 4.84. The monoisotopic (exact) mass is 428 g/mol. The average Bonchev–Trinajstić information content (AvgIpc) is 3.09. The van der Waals surface area contributed by atoms with E-state index < -0.39 is 23.3 Å². The van der Waals surface area contributed by atoms with E-state index in [0.717, 1.165) is 11.3 Å². The summed E-state index contributed by atoms with van der Waals surface area (Å²) < 4.78 is 0. The zero-order valence-corrected chi connectivity index (χ0v) is 16.6. The molecule has 0 saturated carbocycles. The van der Waals surface area contributed by atoms with Crippen LogP contribution in [0.2, 0.25) is 0 Å². The Labute approximate surface area is 168 Å². The Kier molecular flexibility index (Phi) is 5.76. The lowest BCUT2D eigenvalue weighted by atomic mass is 9.89. The molecule has 3 rings (SSSR count). The SMILES string of the molecule is CC1(C(=O)O)CS[C@@H]2C(NC(=O)C(=NOCCN)c3csc(N)n3)C(=O)N2C1. The largest absolute Gasteiger partial charge is 0.481 e. The van der Waals surface area contributed by atoms with E-state index in [1.807, 2.05) is 0 Å². The van der Waals surface area contributed by atoms with Crippen LogP contribution < -0.4 is 16.8 Å². The van der Waals surface area contributed by atoms with E-state index in [-0.39, 0.29) is 47.5 Å². The number of β-lactam (4-membered cyclic amide) rings is 1. The fourth-order valence-electron chi connectivity index (χ4n) is 2.80. The molecule has 2 amide bonds. The second-order valence-electron chi connectivity index (χ2n) is 6.62. The third-order valence-electron chi connectivity index (χ3n) is 4.38. The van der Waals surface area contributed by atoms with Crippen molar-refractivity contribution in [2.75, 3.05) is 31.2 Å². The van der Waals surface area contributed by atoms with Crippen LogP contribution >= 0.6 is 23.1 Å². The molecular weight excluding hydrogens is 408 g/mol. The number of carbonyl (C=O) groups excluding carboxylic acids is 2. The lowest BCUT2D eigenvalue weighted by Crippen LogP contribution is -2.73. The number of carboxylic acids is 1. The molecule has 3 heterocycles. The summed E-state index contributed by atoms with van der Waals surface area (Å²) in [6, 6.07) is -0.772. The van der Waals surface area contributed by atoms with Crippen LogP contribution in [0.25, 0.3) is 0 Å². The Hall–Kier alpha value is -2.38. The first kappa shape index (κ1) is 20.4. The second kappa shape index (κ2) is 7.93. The maximum atomic E-state index is 12.7. The molecule has 152 valence electrons. The molecule has 11 nitrogen and oxygen atoms in total. The molecule has 13 heteroatoms. The van der Waals surface area contributed by atoms with E-state index in [4.69, 9.17) is 16.3 Å². The van der Waals surface area contributed by atoms with Gasteiger partial charge in [-0.2, -0.15) is 0 Å². The van der Waals surface area contributed by atoms with Crippen LogP contribution in [0.15, 0.2) is 10.5 Å². The summed E-state index contributed by atoms with van der Waals surface area (Å²) in [5.41, 5.74) is 10.1. The standard InChI is InChI=1S/C15H20N6O5S2/c1-15(13(24)25)5-21-11(23)9(12(21)28-6-15)19-10(22)8(20-26-3-2-16)7-4-27-14(17)18-7/h4,9,12H,2-3,5-6,16H2,1H3,(H2,17,18)(H,19,22)(H,24,25)/t9?,12-,15?/m1/s1. The highest BCUT2D eigenvalue weighted by molar-refractivity contribution is 8.00. The van der Waals surface area contributed by atoms with Gasteiger partial charge in [-0.25, -0.2) is 4.98 Å². The third kappa shape index (κ3) is 3.77. The molecule has 0 aromatic carbocycles. The van der Waals surface area contributed by atoms with Crippen molar-refractivity contribution in [3.8, 4) is 0 Å². The molecule has 2 saturated heterocycles. The minimum Gasteiger partial charge on any atom is -0.481 e. The molecule has 0 aliphatic carbocycles. The van der Waals surface area contributed by atoms with Crippen LogP contribution in [0.1, 0.15) is 12.6 Å². The summed E-state index contributed by atoms with van der Waals surface area (Å²) >= 11 is 2.46. The number of hydrogen-bond acceptors (Lipinski definition) is 10. The Morgan fingerprint density at radius 3 is 2.93 bits per heavy atom. The number of hydrogen-bond donors (Lipinski definition) is 4. The number of carboxylic acid groups (broad SMARTS) is 1. The fraction of sp³-hybridized carbons (Fsp3) is 0.533. The first-order valence-electron chi connectivity index (χ1n) is 8.34. The topological polar surface area (TPSA) is 173 Å². The highest BCUT2D eigenvalue weighted by Crippen LogP contribution is 2.41. The van der Waals surface area contributed by atoms with E-state index in [1.54, 1.807) is 12.3 Å². The lowest BCUT2D eigenvalue weighted by molar-refractivity contribution is -0.157. The number of aliphatic carboxylic acids is 1. The molecular formula is C15H20N6O5S2. The molecule has 2 aliphatic heterocycles. The first-order valence-corrected chi connectivity index (χ1v) is 10.3. The van der Waals surface area contributed by atoms with Crippen molar-refractivity contribution >= 4 is 51.7 Å². The molecule has 28 heavy (non-hydrogen) atoms. The van der Waals surface area contributed by atoms with Crippen LogP contribution in [0.5, 0.6) is 0 Å². The summed E-state index contributed by atoms with van der Waals surface area (Å²) in [5, 5.41) is 17.3. The summed E-state index contributed by atoms with van der Waals surface area (Å²) in [4.78, 5) is 47.1. The summed E-state index contributed by atoms with van der Waals surface area (Å²) in [5.74, 6) is -1.58. The van der Waals surface area contributed by atoms with Gasteiger partial charge in [-0.05, 0) is 6.92 Å². The number of anilines is 1. The number of thiazole rings is 1. The smallest absolute Gasteiger partial charge is 0.312 e. The van der Waals surface area contributed by atoms with Crippen LogP contribution in [0.4, 0.5) is 5.13 Å². The van der Waals surface area contributed by atoms with Gasteiger partial charge in [0.1, 0.15) is 23.7 Å². The molecule has 2 aliphatic rings. The number of oxime groups is 1. The van der Waals surface area contributed by atoms with Crippen molar-refractivity contribution in [3.05, 3.63) is 11.1 Å². The van der Waals surface area contributed by atoms with Gasteiger partial charge < -0.3 is 31.6 Å². The van der Waals surface area contributed by atoms with Gasteiger partial charge in [-0.3, -0.25) is 14.4 Å². The number of thioether (sulfide) groups is 1. The molecule has 0 bridgehead atoms.